The molecular formula is C14H13ClFNO6S. The first-order valence-electron chi connectivity index (χ1n) is 6.54. The summed E-state index contributed by atoms with van der Waals surface area (Å²) in [5.74, 6) is -3.84. The largest absolute Gasteiger partial charge is 0.456 e. The van der Waals surface area contributed by atoms with E-state index in [4.69, 9.17) is 21.1 Å². The van der Waals surface area contributed by atoms with Gasteiger partial charge in [-0.3, -0.25) is 14.3 Å². The molecule has 1 aliphatic heterocycles. The second-order valence-electron chi connectivity index (χ2n) is 5.21. The van der Waals surface area contributed by atoms with Crippen LogP contribution < -0.4 is 4.72 Å². The molecule has 0 aromatic heterocycles. The van der Waals surface area contributed by atoms with E-state index in [1.807, 2.05) is 4.72 Å². The number of rotatable bonds is 4. The summed E-state index contributed by atoms with van der Waals surface area (Å²) >= 11 is 5.82. The summed E-state index contributed by atoms with van der Waals surface area (Å²) in [5.41, 5.74) is -2.18. The van der Waals surface area contributed by atoms with E-state index in [2.05, 4.69) is 0 Å². The van der Waals surface area contributed by atoms with E-state index >= 15 is 0 Å². The van der Waals surface area contributed by atoms with Gasteiger partial charge in [0.25, 0.3) is 5.78 Å². The Hall–Kier alpha value is -2.13. The second kappa shape index (κ2) is 6.06. The number of sulfonamides is 1. The Morgan fingerprint density at radius 3 is 2.58 bits per heavy atom. The molecule has 0 saturated carbocycles. The van der Waals surface area contributed by atoms with E-state index in [-0.39, 0.29) is 10.6 Å². The average Bonchev–Trinajstić information content (AvgIpc) is 2.64. The van der Waals surface area contributed by atoms with Gasteiger partial charge in [0.1, 0.15) is 5.82 Å². The van der Waals surface area contributed by atoms with Crippen molar-refractivity contribution in [3.8, 4) is 0 Å². The minimum atomic E-state index is -3.85. The summed E-state index contributed by atoms with van der Waals surface area (Å²) < 4.78 is 49.0. The molecular weight excluding hydrogens is 365 g/mol. The molecule has 0 spiro atoms. The number of halogens is 2. The van der Waals surface area contributed by atoms with Crippen molar-refractivity contribution in [3.05, 3.63) is 46.2 Å². The lowest BCUT2D eigenvalue weighted by Crippen LogP contribution is -2.33. The van der Waals surface area contributed by atoms with Gasteiger partial charge in [0.2, 0.25) is 27.3 Å². The van der Waals surface area contributed by atoms with Crippen LogP contribution in [0.25, 0.3) is 0 Å². The van der Waals surface area contributed by atoms with Gasteiger partial charge in [0, 0.05) is 17.5 Å². The van der Waals surface area contributed by atoms with Crippen LogP contribution in [0.15, 0.2) is 29.8 Å². The molecule has 0 radical (unpaired) electrons. The van der Waals surface area contributed by atoms with Crippen molar-refractivity contribution in [1.29, 1.82) is 0 Å². The first kappa shape index (κ1) is 18.2. The molecule has 0 saturated heterocycles. The van der Waals surface area contributed by atoms with Crippen LogP contribution in [0.3, 0.4) is 0 Å². The zero-order valence-corrected chi connectivity index (χ0v) is 14.4. The molecule has 130 valence electrons. The standard InChI is InChI=1S/C14H13ClFNO6S/c1-7(18)22-11-12(19)14(2,23-13(11)17-24(3,20)21)9-6-8(15)4-5-10(9)16/h4-6,17H,1-3H3. The minimum absolute atomic E-state index is 0.141. The summed E-state index contributed by atoms with van der Waals surface area (Å²) in [6.07, 6.45) is 0.814. The highest BCUT2D eigenvalue weighted by Gasteiger charge is 2.51. The van der Waals surface area contributed by atoms with Crippen LogP contribution in [0.2, 0.25) is 5.02 Å². The predicted molar refractivity (Wildman–Crippen MR) is 81.6 cm³/mol. The highest BCUT2D eigenvalue weighted by Crippen LogP contribution is 2.40. The smallest absolute Gasteiger partial charge is 0.308 e. The lowest BCUT2D eigenvalue weighted by atomic mass is 9.91. The molecule has 0 amide bonds. The summed E-state index contributed by atoms with van der Waals surface area (Å²) in [5, 5.41) is 0.141. The maximum Gasteiger partial charge on any atom is 0.308 e. The Balaban J connectivity index is 2.55. The fourth-order valence-electron chi connectivity index (χ4n) is 2.13. The minimum Gasteiger partial charge on any atom is -0.456 e. The fourth-order valence-corrected chi connectivity index (χ4v) is 2.77. The van der Waals surface area contributed by atoms with Gasteiger partial charge in [-0.2, -0.15) is 0 Å². The van der Waals surface area contributed by atoms with Gasteiger partial charge in [0.15, 0.2) is 0 Å². The third-order valence-corrected chi connectivity index (χ3v) is 3.91. The zero-order valence-electron chi connectivity index (χ0n) is 12.8. The fraction of sp³-hybridized carbons (Fsp3) is 0.286. The van der Waals surface area contributed by atoms with Gasteiger partial charge in [-0.1, -0.05) is 11.6 Å². The number of carbonyl (C=O) groups excluding carboxylic acids is 2. The molecule has 0 aliphatic carbocycles. The van der Waals surface area contributed by atoms with Crippen LogP contribution in [0, 0.1) is 5.82 Å². The number of hydrogen-bond donors (Lipinski definition) is 1. The van der Waals surface area contributed by atoms with E-state index in [1.165, 1.54) is 19.1 Å². The molecule has 0 bridgehead atoms. The summed E-state index contributed by atoms with van der Waals surface area (Å²) in [4.78, 5) is 23.8. The molecule has 1 aliphatic rings. The maximum absolute atomic E-state index is 14.1. The topological polar surface area (TPSA) is 98.8 Å². The number of Topliss-reactive ketones (excluding diaryl/α,β-unsaturated/α-hetero) is 1. The van der Waals surface area contributed by atoms with Gasteiger partial charge in [-0.05, 0) is 25.1 Å². The monoisotopic (exact) mass is 377 g/mol. The Morgan fingerprint density at radius 2 is 2.04 bits per heavy atom. The number of hydrogen-bond acceptors (Lipinski definition) is 6. The van der Waals surface area contributed by atoms with E-state index in [1.54, 1.807) is 0 Å². The van der Waals surface area contributed by atoms with Crippen LogP contribution in [-0.4, -0.2) is 26.4 Å². The Kier molecular flexibility index (Phi) is 4.60. The number of ether oxygens (including phenoxy) is 2. The molecule has 1 aromatic carbocycles. The third-order valence-electron chi connectivity index (χ3n) is 3.12. The lowest BCUT2D eigenvalue weighted by molar-refractivity contribution is -0.142. The van der Waals surface area contributed by atoms with Crippen LogP contribution >= 0.6 is 11.6 Å². The Labute approximate surface area is 142 Å². The molecule has 10 heteroatoms. The van der Waals surface area contributed by atoms with Crippen molar-refractivity contribution < 1.29 is 31.9 Å². The molecule has 1 N–H and O–H groups in total. The van der Waals surface area contributed by atoms with Gasteiger partial charge in [-0.25, -0.2) is 12.8 Å². The van der Waals surface area contributed by atoms with E-state index in [9.17, 15) is 22.4 Å². The summed E-state index contributed by atoms with van der Waals surface area (Å²) in [6, 6.07) is 3.48. The van der Waals surface area contributed by atoms with Crippen LogP contribution in [-0.2, 0) is 34.7 Å². The normalized spacial score (nSPS) is 20.8. The van der Waals surface area contributed by atoms with Gasteiger partial charge >= 0.3 is 5.97 Å². The molecule has 1 atom stereocenters. The van der Waals surface area contributed by atoms with Gasteiger partial charge in [0.05, 0.1) is 6.26 Å². The van der Waals surface area contributed by atoms with Crippen LogP contribution in [0.1, 0.15) is 19.4 Å². The highest BCUT2D eigenvalue weighted by atomic mass is 35.5. The van der Waals surface area contributed by atoms with E-state index < -0.39 is 44.8 Å². The van der Waals surface area contributed by atoms with Crippen molar-refractivity contribution in [2.75, 3.05) is 6.26 Å². The number of esters is 1. The number of nitrogens with one attached hydrogen (secondary N) is 1. The summed E-state index contributed by atoms with van der Waals surface area (Å²) in [6.45, 7) is 2.23. The van der Waals surface area contributed by atoms with E-state index in [0.717, 1.165) is 19.2 Å². The molecule has 0 fully saturated rings. The molecule has 1 unspecified atom stereocenters. The SMILES string of the molecule is CC(=O)OC1=C(NS(C)(=O)=O)OC(C)(c2cc(Cl)ccc2F)C1=O. The summed E-state index contributed by atoms with van der Waals surface area (Å²) in [7, 11) is -3.85. The van der Waals surface area contributed by atoms with Crippen LogP contribution in [0.5, 0.6) is 0 Å². The van der Waals surface area contributed by atoms with Gasteiger partial charge < -0.3 is 9.47 Å². The van der Waals surface area contributed by atoms with Crippen molar-refractivity contribution in [1.82, 2.24) is 4.72 Å². The van der Waals surface area contributed by atoms with Crippen molar-refractivity contribution in [3.63, 3.8) is 0 Å². The average molecular weight is 378 g/mol. The first-order valence-corrected chi connectivity index (χ1v) is 8.81. The highest BCUT2D eigenvalue weighted by molar-refractivity contribution is 7.88. The number of carbonyl (C=O) groups is 2. The van der Waals surface area contributed by atoms with Crippen molar-refractivity contribution >= 4 is 33.4 Å². The quantitative estimate of drug-likeness (QED) is 0.800. The van der Waals surface area contributed by atoms with E-state index in [0.29, 0.717) is 0 Å². The second-order valence-corrected chi connectivity index (χ2v) is 7.40. The Morgan fingerprint density at radius 1 is 1.42 bits per heavy atom. The molecule has 2 rings (SSSR count). The third kappa shape index (κ3) is 3.51. The number of benzene rings is 1. The van der Waals surface area contributed by atoms with Crippen LogP contribution in [0.4, 0.5) is 4.39 Å². The molecule has 7 nitrogen and oxygen atoms in total. The predicted octanol–water partition coefficient (Wildman–Crippen LogP) is 1.58. The number of ketones is 1. The van der Waals surface area contributed by atoms with Crippen molar-refractivity contribution in [2.24, 2.45) is 0 Å². The van der Waals surface area contributed by atoms with Gasteiger partial charge in [-0.15, -0.1) is 0 Å². The maximum atomic E-state index is 14.1. The lowest BCUT2D eigenvalue weighted by Gasteiger charge is -2.24. The zero-order chi connectivity index (χ0) is 18.3. The van der Waals surface area contributed by atoms with Crippen molar-refractivity contribution in [2.45, 2.75) is 19.4 Å². The molecule has 1 heterocycles. The Bertz CT molecular complexity index is 866. The molecule has 1 aromatic rings. The first-order chi connectivity index (χ1) is 10.9. The molecule has 24 heavy (non-hydrogen) atoms.